The quantitative estimate of drug-likeness (QED) is 0.754. The molecule has 1 fully saturated rings. The van der Waals surface area contributed by atoms with E-state index in [1.54, 1.807) is 6.20 Å². The lowest BCUT2D eigenvalue weighted by Crippen LogP contribution is -2.25. The maximum atomic E-state index is 12.9. The Labute approximate surface area is 172 Å². The molecule has 0 atom stereocenters. The maximum absolute atomic E-state index is 12.9. The van der Waals surface area contributed by atoms with Crippen molar-refractivity contribution >= 4 is 17.7 Å². The van der Waals surface area contributed by atoms with Crippen LogP contribution >= 0.6 is 0 Å². The van der Waals surface area contributed by atoms with E-state index in [2.05, 4.69) is 31.0 Å². The highest BCUT2D eigenvalue weighted by atomic mass is 16.2. The second-order valence-electron chi connectivity index (χ2n) is 8.40. The number of nitrogens with two attached hydrogens (primary N) is 1. The van der Waals surface area contributed by atoms with E-state index in [0.717, 1.165) is 65.1 Å². The Bertz CT molecular complexity index is 1000. The monoisotopic (exact) mass is 388 g/mol. The van der Waals surface area contributed by atoms with Crippen molar-refractivity contribution in [1.29, 1.82) is 0 Å². The molecule has 5 nitrogen and oxygen atoms in total. The number of nitrogens with zero attached hydrogens (tertiary/aromatic N) is 3. The summed E-state index contributed by atoms with van der Waals surface area (Å²) in [6.07, 6.45) is 5.64. The largest absolute Gasteiger partial charge is 0.404 e. The van der Waals surface area contributed by atoms with Crippen LogP contribution in [0.25, 0.3) is 16.8 Å². The number of aromatic nitrogens is 1. The first kappa shape index (κ1) is 19.4. The van der Waals surface area contributed by atoms with Crippen LogP contribution < -0.4 is 5.73 Å². The van der Waals surface area contributed by atoms with Crippen molar-refractivity contribution in [3.8, 4) is 11.3 Å². The van der Waals surface area contributed by atoms with Gasteiger partial charge in [-0.1, -0.05) is 32.0 Å². The highest BCUT2D eigenvalue weighted by Crippen LogP contribution is 2.36. The molecule has 1 saturated carbocycles. The third-order valence-electron chi connectivity index (χ3n) is 5.43. The van der Waals surface area contributed by atoms with Gasteiger partial charge in [0.25, 0.3) is 5.91 Å². The summed E-state index contributed by atoms with van der Waals surface area (Å²) in [6.45, 7) is 7.71. The molecule has 1 aromatic heterocycles. The highest BCUT2D eigenvalue weighted by Gasteiger charge is 2.38. The molecule has 2 aromatic rings. The summed E-state index contributed by atoms with van der Waals surface area (Å²) in [7, 11) is 0. The predicted molar refractivity (Wildman–Crippen MR) is 118 cm³/mol. The molecule has 4 rings (SSSR count). The van der Waals surface area contributed by atoms with Gasteiger partial charge in [-0.2, -0.15) is 0 Å². The number of benzene rings is 1. The van der Waals surface area contributed by atoms with Crippen LogP contribution in [0.4, 0.5) is 0 Å². The Morgan fingerprint density at radius 3 is 2.79 bits per heavy atom. The molecular formula is C24H28N4O. The molecule has 0 bridgehead atoms. The summed E-state index contributed by atoms with van der Waals surface area (Å²) < 4.78 is 0. The Morgan fingerprint density at radius 2 is 2.10 bits per heavy atom. The van der Waals surface area contributed by atoms with E-state index in [9.17, 15) is 4.79 Å². The smallest absolute Gasteiger partial charge is 0.254 e. The minimum absolute atomic E-state index is 0.145. The third-order valence-corrected chi connectivity index (χ3v) is 5.43. The molecule has 0 unspecified atom stereocenters. The van der Waals surface area contributed by atoms with Crippen molar-refractivity contribution in [1.82, 2.24) is 9.88 Å². The number of pyridine rings is 1. The number of amides is 1. The number of hydrogen-bond donors (Lipinski definition) is 1. The van der Waals surface area contributed by atoms with Crippen molar-refractivity contribution in [3.05, 3.63) is 58.9 Å². The normalized spacial score (nSPS) is 16.9. The zero-order valence-electron chi connectivity index (χ0n) is 17.4. The van der Waals surface area contributed by atoms with E-state index >= 15 is 0 Å². The Balaban J connectivity index is 1.72. The molecule has 0 saturated heterocycles. The van der Waals surface area contributed by atoms with E-state index in [0.29, 0.717) is 12.0 Å². The van der Waals surface area contributed by atoms with Gasteiger partial charge in [-0.25, -0.2) is 0 Å². The number of aryl methyl sites for hydroxylation is 1. The lowest BCUT2D eigenvalue weighted by Gasteiger charge is -2.13. The molecule has 0 spiro atoms. The SMILES string of the molecule is Cc1ccc(C(C=NCC(C)C)=CN)c(-c2ccc3c(c2)C(=O)N(C2CC2)C3)n1. The summed E-state index contributed by atoms with van der Waals surface area (Å²) in [4.78, 5) is 24.2. The van der Waals surface area contributed by atoms with Crippen LogP contribution in [0.3, 0.4) is 0 Å². The van der Waals surface area contributed by atoms with Gasteiger partial charge in [0.1, 0.15) is 0 Å². The molecule has 1 aliphatic heterocycles. The van der Waals surface area contributed by atoms with Gasteiger partial charge in [-0.05, 0) is 43.4 Å². The van der Waals surface area contributed by atoms with Crippen LogP contribution in [0.1, 0.15) is 53.9 Å². The lowest BCUT2D eigenvalue weighted by molar-refractivity contribution is 0.0766. The van der Waals surface area contributed by atoms with Gasteiger partial charge in [-0.3, -0.25) is 14.8 Å². The van der Waals surface area contributed by atoms with Gasteiger partial charge in [0.05, 0.1) is 5.69 Å². The molecule has 29 heavy (non-hydrogen) atoms. The summed E-state index contributed by atoms with van der Waals surface area (Å²) >= 11 is 0. The highest BCUT2D eigenvalue weighted by molar-refractivity contribution is 6.12. The molecular weight excluding hydrogens is 360 g/mol. The van der Waals surface area contributed by atoms with Crippen LogP contribution in [-0.2, 0) is 6.54 Å². The van der Waals surface area contributed by atoms with Crippen molar-refractivity contribution in [2.24, 2.45) is 16.6 Å². The van der Waals surface area contributed by atoms with E-state index in [4.69, 9.17) is 10.7 Å². The number of aliphatic imine (C=N–C) groups is 1. The summed E-state index contributed by atoms with van der Waals surface area (Å²) in [6, 6.07) is 10.6. The van der Waals surface area contributed by atoms with Gasteiger partial charge < -0.3 is 10.6 Å². The Hall–Kier alpha value is -2.95. The van der Waals surface area contributed by atoms with Crippen LogP contribution in [0.15, 0.2) is 41.5 Å². The van der Waals surface area contributed by atoms with E-state index in [-0.39, 0.29) is 5.91 Å². The second-order valence-corrected chi connectivity index (χ2v) is 8.40. The maximum Gasteiger partial charge on any atom is 0.254 e. The number of allylic oxidation sites excluding steroid dienone is 1. The average Bonchev–Trinajstić information content (AvgIpc) is 3.49. The van der Waals surface area contributed by atoms with Crippen molar-refractivity contribution < 1.29 is 4.79 Å². The first-order valence-corrected chi connectivity index (χ1v) is 10.3. The van der Waals surface area contributed by atoms with Crippen LogP contribution in [0.5, 0.6) is 0 Å². The summed E-state index contributed by atoms with van der Waals surface area (Å²) in [5, 5.41) is 0. The number of carbonyl (C=O) groups is 1. The van der Waals surface area contributed by atoms with Gasteiger partial charge >= 0.3 is 0 Å². The minimum Gasteiger partial charge on any atom is -0.404 e. The van der Waals surface area contributed by atoms with Crippen molar-refractivity contribution in [3.63, 3.8) is 0 Å². The molecule has 5 heteroatoms. The van der Waals surface area contributed by atoms with E-state index < -0.39 is 0 Å². The van der Waals surface area contributed by atoms with Crippen LogP contribution in [0, 0.1) is 12.8 Å². The molecule has 1 aliphatic carbocycles. The molecule has 2 N–H and O–H groups in total. The predicted octanol–water partition coefficient (Wildman–Crippen LogP) is 4.20. The van der Waals surface area contributed by atoms with Crippen LogP contribution in [-0.4, -0.2) is 34.6 Å². The number of carbonyl (C=O) groups excluding carboxylic acids is 1. The van der Waals surface area contributed by atoms with Gasteiger partial charge in [0.2, 0.25) is 0 Å². The molecule has 150 valence electrons. The van der Waals surface area contributed by atoms with Gasteiger partial charge in [0.15, 0.2) is 0 Å². The molecule has 1 aromatic carbocycles. The third kappa shape index (κ3) is 3.95. The fourth-order valence-corrected chi connectivity index (χ4v) is 3.73. The van der Waals surface area contributed by atoms with Gasteiger partial charge in [0, 0.05) is 59.5 Å². The molecule has 0 radical (unpaired) electrons. The molecule has 1 amide bonds. The Kier molecular flexibility index (Phi) is 5.22. The second kappa shape index (κ2) is 7.82. The molecule has 2 heterocycles. The zero-order chi connectivity index (χ0) is 20.5. The zero-order valence-corrected chi connectivity index (χ0v) is 17.4. The summed E-state index contributed by atoms with van der Waals surface area (Å²) in [5.74, 6) is 0.629. The van der Waals surface area contributed by atoms with Crippen LogP contribution in [0.2, 0.25) is 0 Å². The van der Waals surface area contributed by atoms with E-state index in [1.165, 1.54) is 0 Å². The number of fused-ring (bicyclic) bond motifs is 1. The first-order chi connectivity index (χ1) is 14.0. The standard InChI is InChI=1S/C24H28N4O/c1-15(2)12-26-13-19(11-25)21-9-4-16(3)27-23(21)17-5-6-18-14-28(20-7-8-20)24(29)22(18)10-17/h4-6,9-11,13,15,20H,7-8,12,14,25H2,1-3H3. The first-order valence-electron chi connectivity index (χ1n) is 10.3. The Morgan fingerprint density at radius 1 is 1.31 bits per heavy atom. The van der Waals surface area contributed by atoms with Crippen molar-refractivity contribution in [2.45, 2.75) is 46.2 Å². The average molecular weight is 389 g/mol. The van der Waals surface area contributed by atoms with E-state index in [1.807, 2.05) is 36.2 Å². The number of rotatable bonds is 6. The fourth-order valence-electron chi connectivity index (χ4n) is 3.73. The number of hydrogen-bond acceptors (Lipinski definition) is 4. The fraction of sp³-hybridized carbons (Fsp3) is 0.375. The van der Waals surface area contributed by atoms with Gasteiger partial charge in [-0.15, -0.1) is 0 Å². The van der Waals surface area contributed by atoms with Crippen molar-refractivity contribution in [2.75, 3.05) is 6.54 Å². The lowest BCUT2D eigenvalue weighted by atomic mass is 9.97. The topological polar surface area (TPSA) is 71.6 Å². The summed E-state index contributed by atoms with van der Waals surface area (Å²) in [5.41, 5.74) is 12.3. The molecule has 2 aliphatic rings. The minimum atomic E-state index is 0.145.